The molecule has 0 aliphatic carbocycles. The Morgan fingerprint density at radius 3 is 1.50 bits per heavy atom. The first-order valence-corrected chi connectivity index (χ1v) is 2.24. The molecule has 1 N–H and O–H groups in total. The predicted molar refractivity (Wildman–Crippen MR) is 15.6 cm³/mol. The third kappa shape index (κ3) is 120. The Labute approximate surface area is 47.5 Å². The second-order valence-corrected chi connectivity index (χ2v) is 1.41. The first-order chi connectivity index (χ1) is 2.00. The van der Waals surface area contributed by atoms with Crippen LogP contribution < -0.4 is 9.79 Å². The monoisotopic (exact) mass is 165 g/mol. The number of hydrogen-bond acceptors (Lipinski definition) is 3. The summed E-state index contributed by atoms with van der Waals surface area (Å²) in [6.45, 7) is 0. The molecule has 0 aliphatic rings. The van der Waals surface area contributed by atoms with E-state index in [9.17, 15) is 0 Å². The molecule has 6 heteroatoms. The van der Waals surface area contributed by atoms with Crippen LogP contribution in [0.25, 0.3) is 0 Å². The van der Waals surface area contributed by atoms with E-state index in [4.69, 9.17) is 19.2 Å². The molecule has 0 atom stereocenters. The summed E-state index contributed by atoms with van der Waals surface area (Å²) in [6, 6.07) is 0. The van der Waals surface area contributed by atoms with E-state index in [-0.39, 0.29) is 19.8 Å². The number of rotatable bonds is 0. The summed E-state index contributed by atoms with van der Waals surface area (Å²) in [4.78, 5) is 24.3. The summed E-state index contributed by atoms with van der Waals surface area (Å²) in [5.74, 6) is 0. The van der Waals surface area contributed by atoms with Crippen molar-refractivity contribution < 1.29 is 19.2 Å². The fourth-order valence-electron chi connectivity index (χ4n) is 0. The minimum atomic E-state index is -5.14. The molecule has 0 rings (SSSR count). The second kappa shape index (κ2) is 2.84. The number of phosphoric acid groups is 1. The van der Waals surface area contributed by atoms with Crippen molar-refractivity contribution in [1.82, 2.24) is 0 Å². The molecular weight excluding hydrogens is 165 g/mol. The number of hydrogen-bond donors (Lipinski definition) is 1. The summed E-state index contributed by atoms with van der Waals surface area (Å²) < 4.78 is 8.66. The van der Waals surface area contributed by atoms with Crippen molar-refractivity contribution in [2.45, 2.75) is 0 Å². The Bertz CT molecular complexity index is 53.7. The van der Waals surface area contributed by atoms with E-state index < -0.39 is 7.82 Å². The second-order valence-electron chi connectivity index (χ2n) is 0.469. The Morgan fingerprint density at radius 2 is 1.50 bits per heavy atom. The molecule has 0 unspecified atom stereocenters. The fourth-order valence-corrected chi connectivity index (χ4v) is 0. The van der Waals surface area contributed by atoms with E-state index >= 15 is 0 Å². The van der Waals surface area contributed by atoms with Crippen molar-refractivity contribution in [1.29, 1.82) is 0 Å². The smallest absolute Gasteiger partial charge is 0.790 e. The standard InChI is InChI=1S/Ga.H3O4P/c;1-5(2,3)4/h;(H3,1,2,3,4)/q+2;/p-2. The molecule has 0 spiro atoms. The van der Waals surface area contributed by atoms with Crippen LogP contribution in [-0.2, 0) is 4.57 Å². The van der Waals surface area contributed by atoms with Gasteiger partial charge in [0.1, 0.15) is 0 Å². The molecule has 0 fully saturated rings. The molecule has 6 heavy (non-hydrogen) atoms. The minimum absolute atomic E-state index is 0. The van der Waals surface area contributed by atoms with Gasteiger partial charge in [0.25, 0.3) is 0 Å². The molecule has 0 bridgehead atoms. The maximum absolute atomic E-state index is 8.66. The van der Waals surface area contributed by atoms with Crippen molar-refractivity contribution in [3.05, 3.63) is 0 Å². The zero-order valence-corrected chi connectivity index (χ0v) is 6.01. The van der Waals surface area contributed by atoms with Gasteiger partial charge in [0.2, 0.25) is 0 Å². The molecule has 0 aromatic rings. The quantitative estimate of drug-likeness (QED) is 0.316. The van der Waals surface area contributed by atoms with Gasteiger partial charge in [-0.05, 0) is 0 Å². The van der Waals surface area contributed by atoms with Gasteiger partial charge in [0.05, 0.1) is 7.82 Å². The first kappa shape index (κ1) is 9.89. The third-order valence-corrected chi connectivity index (χ3v) is 0. The molecule has 0 heterocycles. The van der Waals surface area contributed by atoms with Gasteiger partial charge in [-0.2, -0.15) is 0 Å². The Hall–Kier alpha value is 0.746. The van der Waals surface area contributed by atoms with Crippen molar-refractivity contribution >= 4 is 27.6 Å². The molecule has 0 saturated heterocycles. The van der Waals surface area contributed by atoms with Crippen LogP contribution in [0.5, 0.6) is 0 Å². The Kier molecular flexibility index (Phi) is 4.69. The average Bonchev–Trinajstić information content (AvgIpc) is 0.722. The summed E-state index contributed by atoms with van der Waals surface area (Å²) in [7, 11) is -5.14. The van der Waals surface area contributed by atoms with Crippen LogP contribution in [0.15, 0.2) is 0 Å². The van der Waals surface area contributed by atoms with E-state index in [2.05, 4.69) is 0 Å². The molecule has 33 valence electrons. The van der Waals surface area contributed by atoms with E-state index in [1.807, 2.05) is 0 Å². The molecule has 0 amide bonds. The Morgan fingerprint density at radius 1 is 1.50 bits per heavy atom. The average molecular weight is 166 g/mol. The van der Waals surface area contributed by atoms with Crippen LogP contribution in [0.2, 0.25) is 0 Å². The van der Waals surface area contributed by atoms with Crippen LogP contribution in [0, 0.1) is 0 Å². The minimum Gasteiger partial charge on any atom is -0.790 e. The van der Waals surface area contributed by atoms with Gasteiger partial charge >= 0.3 is 19.8 Å². The van der Waals surface area contributed by atoms with Crippen LogP contribution in [0.3, 0.4) is 0 Å². The van der Waals surface area contributed by atoms with Gasteiger partial charge in [0.15, 0.2) is 0 Å². The predicted octanol–water partition coefficient (Wildman–Crippen LogP) is -2.57. The molecule has 4 nitrogen and oxygen atoms in total. The maximum Gasteiger partial charge on any atom is 2.00 e. The molecule has 0 aliphatic heterocycles. The molecule has 0 aromatic carbocycles. The van der Waals surface area contributed by atoms with E-state index in [0.29, 0.717) is 0 Å². The van der Waals surface area contributed by atoms with Gasteiger partial charge in [-0.1, -0.05) is 0 Å². The molecule has 0 aromatic heterocycles. The zero-order chi connectivity index (χ0) is 4.50. The summed E-state index contributed by atoms with van der Waals surface area (Å²) in [5.41, 5.74) is 0. The van der Waals surface area contributed by atoms with Crippen molar-refractivity contribution in [2.75, 3.05) is 0 Å². The van der Waals surface area contributed by atoms with Crippen molar-refractivity contribution in [2.24, 2.45) is 0 Å². The summed E-state index contributed by atoms with van der Waals surface area (Å²) >= 11 is 0. The van der Waals surface area contributed by atoms with Gasteiger partial charge in [-0.3, -0.25) is 0 Å². The van der Waals surface area contributed by atoms with Crippen LogP contribution in [0.4, 0.5) is 0 Å². The SMILES string of the molecule is O=P([O-])([O-])O.[Ga+2]. The normalized spacial score (nSPS) is 9.83. The summed E-state index contributed by atoms with van der Waals surface area (Å²) in [6.07, 6.45) is 0. The van der Waals surface area contributed by atoms with Gasteiger partial charge in [0, 0.05) is 0 Å². The van der Waals surface area contributed by atoms with E-state index in [1.165, 1.54) is 0 Å². The molecule has 1 radical (unpaired) electrons. The van der Waals surface area contributed by atoms with Crippen molar-refractivity contribution in [3.8, 4) is 0 Å². The first-order valence-electron chi connectivity index (χ1n) is 0.748. The van der Waals surface area contributed by atoms with Gasteiger partial charge in [-0.25, -0.2) is 0 Å². The third-order valence-electron chi connectivity index (χ3n) is 0. The fraction of sp³-hybridized carbons (Fsp3) is 0. The van der Waals surface area contributed by atoms with Crippen LogP contribution in [0.1, 0.15) is 0 Å². The van der Waals surface area contributed by atoms with Gasteiger partial charge in [-0.15, -0.1) is 0 Å². The van der Waals surface area contributed by atoms with Crippen molar-refractivity contribution in [3.63, 3.8) is 0 Å². The zero-order valence-electron chi connectivity index (χ0n) is 2.70. The largest absolute Gasteiger partial charge is 2.00 e. The van der Waals surface area contributed by atoms with E-state index in [0.717, 1.165) is 0 Å². The molecular formula is HGaO4P. The van der Waals surface area contributed by atoms with Gasteiger partial charge < -0.3 is 19.2 Å². The van der Waals surface area contributed by atoms with Crippen LogP contribution >= 0.6 is 7.82 Å². The topological polar surface area (TPSA) is 83.4 Å². The van der Waals surface area contributed by atoms with Crippen LogP contribution in [-0.4, -0.2) is 24.7 Å². The Balaban J connectivity index is 0. The van der Waals surface area contributed by atoms with E-state index in [1.54, 1.807) is 0 Å². The maximum atomic E-state index is 8.66. The molecule has 0 saturated carbocycles. The summed E-state index contributed by atoms with van der Waals surface area (Å²) in [5, 5.41) is 0.